The van der Waals surface area contributed by atoms with E-state index in [2.05, 4.69) is 41.2 Å². The molecule has 6 aliphatic rings. The van der Waals surface area contributed by atoms with Crippen LogP contribution in [-0.2, 0) is 18.9 Å². The Morgan fingerprint density at radius 1 is 0.827 bits per heavy atom. The maximum Gasteiger partial charge on any atom is 0.186 e. The average Bonchev–Trinajstić information content (AvgIpc) is 3.44. The first-order chi connectivity index (χ1) is 24.1. The third-order valence-corrected chi connectivity index (χ3v) is 15.9. The minimum atomic E-state index is -1.43. The summed E-state index contributed by atoms with van der Waals surface area (Å²) in [7, 11) is 0. The van der Waals surface area contributed by atoms with Gasteiger partial charge in [-0.15, -0.1) is 0 Å². The fraction of sp³-hybridized carbons (Fsp3) is 0.902. The second kappa shape index (κ2) is 14.2. The molecule has 0 aromatic carbocycles. The molecule has 0 radical (unpaired) electrons. The molecular weight excluding hydrogens is 668 g/mol. The molecule has 7 N–H and O–H groups in total. The first kappa shape index (κ1) is 40.7. The van der Waals surface area contributed by atoms with Crippen molar-refractivity contribution in [3.05, 3.63) is 24.3 Å². The molecule has 2 heterocycles. The molecule has 0 bridgehead atoms. The van der Waals surface area contributed by atoms with Gasteiger partial charge in [-0.05, 0) is 117 Å². The molecule has 298 valence electrons. The van der Waals surface area contributed by atoms with Crippen molar-refractivity contribution in [3.8, 4) is 0 Å². The zero-order chi connectivity index (χ0) is 38.3. The van der Waals surface area contributed by atoms with Gasteiger partial charge >= 0.3 is 0 Å². The van der Waals surface area contributed by atoms with E-state index in [4.69, 9.17) is 18.9 Å². The van der Waals surface area contributed by atoms with Crippen molar-refractivity contribution in [2.75, 3.05) is 6.61 Å². The highest BCUT2D eigenvalue weighted by Crippen LogP contribution is 2.76. The van der Waals surface area contributed by atoms with Crippen molar-refractivity contribution in [1.29, 1.82) is 0 Å². The summed E-state index contributed by atoms with van der Waals surface area (Å²) >= 11 is 0. The molecule has 0 amide bonds. The van der Waals surface area contributed by atoms with E-state index in [1.165, 1.54) is 0 Å². The minimum absolute atomic E-state index is 0.0587. The minimum Gasteiger partial charge on any atom is -0.390 e. The Bertz CT molecular complexity index is 1340. The highest BCUT2D eigenvalue weighted by molar-refractivity contribution is 5.21. The lowest BCUT2D eigenvalue weighted by atomic mass is 9.35. The summed E-state index contributed by atoms with van der Waals surface area (Å²) in [6.45, 7) is 21.2. The average molecular weight is 737 g/mol. The standard InChI is InChI=1S/C41H68O11/c1-21(2)11-10-15-41(9,48)23-12-17-40(8)29(23)25(51-36-34(47)32(45)30(43)22(3)50-36)19-27-38(6)16-14-28(37(4,5)26(38)13-18-39(27,40)7)52-35-33(46)31(44)24(42)20-49-35/h10-11,22-36,42-48H,1,12-20H2,2-9H3/b11-10+. The van der Waals surface area contributed by atoms with Crippen LogP contribution in [0.2, 0.25) is 0 Å². The second-order valence-corrected chi connectivity index (χ2v) is 19.3. The van der Waals surface area contributed by atoms with Crippen molar-refractivity contribution in [1.82, 2.24) is 0 Å². The highest BCUT2D eigenvalue weighted by atomic mass is 16.7. The van der Waals surface area contributed by atoms with E-state index in [1.807, 2.05) is 26.0 Å². The molecule has 0 spiro atoms. The van der Waals surface area contributed by atoms with E-state index in [-0.39, 0.29) is 58.0 Å². The van der Waals surface area contributed by atoms with Gasteiger partial charge in [0.25, 0.3) is 0 Å². The number of hydrogen-bond donors (Lipinski definition) is 7. The predicted molar refractivity (Wildman–Crippen MR) is 193 cm³/mol. The summed E-state index contributed by atoms with van der Waals surface area (Å²) in [6, 6.07) is 0. The Kier molecular flexibility index (Phi) is 11.1. The zero-order valence-corrected chi connectivity index (χ0v) is 32.6. The van der Waals surface area contributed by atoms with E-state index in [0.717, 1.165) is 44.1 Å². The Labute approximate surface area is 310 Å². The second-order valence-electron chi connectivity index (χ2n) is 19.3. The van der Waals surface area contributed by atoms with Gasteiger partial charge < -0.3 is 54.7 Å². The third kappa shape index (κ3) is 6.49. The number of allylic oxidation sites excluding steroid dienone is 2. The molecule has 4 saturated carbocycles. The smallest absolute Gasteiger partial charge is 0.186 e. The van der Waals surface area contributed by atoms with E-state index in [1.54, 1.807) is 6.92 Å². The van der Waals surface area contributed by atoms with Crippen molar-refractivity contribution in [2.45, 2.75) is 180 Å². The highest BCUT2D eigenvalue weighted by Gasteiger charge is 2.72. The van der Waals surface area contributed by atoms with Crippen LogP contribution in [0, 0.1) is 45.3 Å². The summed E-state index contributed by atoms with van der Waals surface area (Å²) in [4.78, 5) is 0. The molecule has 11 nitrogen and oxygen atoms in total. The van der Waals surface area contributed by atoms with Gasteiger partial charge in [-0.1, -0.05) is 58.9 Å². The van der Waals surface area contributed by atoms with Gasteiger partial charge in [0.15, 0.2) is 12.6 Å². The third-order valence-electron chi connectivity index (χ3n) is 15.9. The van der Waals surface area contributed by atoms with Gasteiger partial charge in [-0.25, -0.2) is 0 Å². The van der Waals surface area contributed by atoms with Crippen LogP contribution in [0.1, 0.15) is 107 Å². The van der Waals surface area contributed by atoms with E-state index in [9.17, 15) is 35.7 Å². The fourth-order valence-electron chi connectivity index (χ4n) is 12.8. The van der Waals surface area contributed by atoms with Crippen molar-refractivity contribution in [3.63, 3.8) is 0 Å². The van der Waals surface area contributed by atoms with Crippen molar-refractivity contribution in [2.24, 2.45) is 45.3 Å². The molecule has 2 saturated heterocycles. The molecule has 0 aromatic rings. The van der Waals surface area contributed by atoms with Gasteiger partial charge in [-0.2, -0.15) is 0 Å². The van der Waals surface area contributed by atoms with E-state index < -0.39 is 67.0 Å². The number of hydrogen-bond acceptors (Lipinski definition) is 11. The Hall–Kier alpha value is -0.960. The van der Waals surface area contributed by atoms with E-state index in [0.29, 0.717) is 12.8 Å². The van der Waals surface area contributed by atoms with Crippen LogP contribution in [0.4, 0.5) is 0 Å². The summed E-state index contributed by atoms with van der Waals surface area (Å²) < 4.78 is 25.1. The predicted octanol–water partition coefficient (Wildman–Crippen LogP) is 3.59. The normalized spacial score (nSPS) is 53.1. The van der Waals surface area contributed by atoms with Crippen LogP contribution >= 0.6 is 0 Å². The summed E-state index contributed by atoms with van der Waals surface area (Å²) in [5, 5.41) is 75.7. The Balaban J connectivity index is 1.33. The number of rotatable bonds is 8. The van der Waals surface area contributed by atoms with Crippen LogP contribution in [0.15, 0.2) is 24.3 Å². The molecule has 6 rings (SSSR count). The molecule has 6 fully saturated rings. The van der Waals surface area contributed by atoms with Gasteiger partial charge in [0, 0.05) is 0 Å². The van der Waals surface area contributed by atoms with Gasteiger partial charge in [0.2, 0.25) is 0 Å². The van der Waals surface area contributed by atoms with Gasteiger partial charge in [0.05, 0.1) is 30.5 Å². The lowest BCUT2D eigenvalue weighted by Crippen LogP contribution is -2.68. The lowest BCUT2D eigenvalue weighted by Gasteiger charge is -2.71. The van der Waals surface area contributed by atoms with Crippen LogP contribution in [-0.4, -0.2) is 115 Å². The molecule has 0 aromatic heterocycles. The molecule has 2 aliphatic heterocycles. The molecule has 52 heavy (non-hydrogen) atoms. The zero-order valence-electron chi connectivity index (χ0n) is 32.6. The number of ether oxygens (including phenoxy) is 4. The summed E-state index contributed by atoms with van der Waals surface area (Å²) in [6.07, 6.45) is -1.04. The topological polar surface area (TPSA) is 179 Å². The monoisotopic (exact) mass is 736 g/mol. The number of aliphatic hydroxyl groups is 7. The Morgan fingerprint density at radius 2 is 1.48 bits per heavy atom. The lowest BCUT2D eigenvalue weighted by molar-refractivity contribution is -0.334. The van der Waals surface area contributed by atoms with Crippen LogP contribution in [0.5, 0.6) is 0 Å². The van der Waals surface area contributed by atoms with Crippen LogP contribution in [0.25, 0.3) is 0 Å². The fourth-order valence-corrected chi connectivity index (χ4v) is 12.8. The quantitative estimate of drug-likeness (QED) is 0.143. The molecule has 4 aliphatic carbocycles. The first-order valence-corrected chi connectivity index (χ1v) is 19.8. The first-order valence-electron chi connectivity index (χ1n) is 19.8. The van der Waals surface area contributed by atoms with E-state index >= 15 is 0 Å². The van der Waals surface area contributed by atoms with Crippen LogP contribution < -0.4 is 0 Å². The number of fused-ring (bicyclic) bond motifs is 5. The van der Waals surface area contributed by atoms with Crippen LogP contribution in [0.3, 0.4) is 0 Å². The molecule has 11 heteroatoms. The maximum atomic E-state index is 12.2. The largest absolute Gasteiger partial charge is 0.390 e. The molecule has 19 atom stereocenters. The van der Waals surface area contributed by atoms with Gasteiger partial charge in [0.1, 0.15) is 36.6 Å². The van der Waals surface area contributed by atoms with Crippen molar-refractivity contribution < 1.29 is 54.7 Å². The molecular formula is C41H68O11. The summed E-state index contributed by atoms with van der Waals surface area (Å²) in [5.74, 6) is 0.302. The summed E-state index contributed by atoms with van der Waals surface area (Å²) in [5.41, 5.74) is -0.869. The SMILES string of the molecule is C=C(C)/C=C/CC(C)(O)C1CCC2(C)C1C(OC1OC(C)C(O)C(O)C1O)CC1C3(C)CCC(OC4OCC(O)C(O)C4O)C(C)(C)C3CCC12C. The Morgan fingerprint density at radius 3 is 2.15 bits per heavy atom. The van der Waals surface area contributed by atoms with Crippen molar-refractivity contribution >= 4 is 0 Å². The molecule has 19 unspecified atom stereocenters. The maximum absolute atomic E-state index is 12.2. The number of aliphatic hydroxyl groups excluding tert-OH is 6. The van der Waals surface area contributed by atoms with Gasteiger partial charge in [-0.3, -0.25) is 0 Å².